The summed E-state index contributed by atoms with van der Waals surface area (Å²) in [4.78, 5) is 38.9. The monoisotopic (exact) mass is 362 g/mol. The normalized spacial score (nSPS) is 22.8. The summed E-state index contributed by atoms with van der Waals surface area (Å²) in [6.07, 6.45) is 2.06. The molecular formula is C18H22N2O4S. The Balaban J connectivity index is 1.48. The standard InChI is InChI=1S/C18H22N2O4S/c1-12-5-4-8-20(10-12)16(21)11-24-17(22)9-15-18(23)19-13-6-2-3-7-14(13)25-15/h2-3,6-7,12,15H,4-5,8-11H2,1H3,(H,19,23)/t12-,15+/m1/s1. The summed E-state index contributed by atoms with van der Waals surface area (Å²) >= 11 is 1.35. The Hall–Kier alpha value is -2.02. The Kier molecular flexibility index (Phi) is 5.63. The second kappa shape index (κ2) is 7.91. The maximum Gasteiger partial charge on any atom is 0.307 e. The van der Waals surface area contributed by atoms with E-state index in [4.69, 9.17) is 4.74 Å². The summed E-state index contributed by atoms with van der Waals surface area (Å²) in [6, 6.07) is 7.46. The molecule has 1 fully saturated rings. The van der Waals surface area contributed by atoms with Crippen LogP contribution in [0.3, 0.4) is 0 Å². The number of carbonyl (C=O) groups excluding carboxylic acids is 3. The summed E-state index contributed by atoms with van der Waals surface area (Å²) < 4.78 is 5.11. The molecule has 0 spiro atoms. The number of fused-ring (bicyclic) bond motifs is 1. The van der Waals surface area contributed by atoms with Gasteiger partial charge >= 0.3 is 5.97 Å². The Morgan fingerprint density at radius 1 is 1.36 bits per heavy atom. The minimum atomic E-state index is -0.535. The van der Waals surface area contributed by atoms with E-state index in [1.807, 2.05) is 24.3 Å². The first kappa shape index (κ1) is 17.8. The van der Waals surface area contributed by atoms with E-state index in [1.54, 1.807) is 4.90 Å². The number of hydrogen-bond donors (Lipinski definition) is 1. The maximum atomic E-state index is 12.1. The highest BCUT2D eigenvalue weighted by atomic mass is 32.2. The molecule has 25 heavy (non-hydrogen) atoms. The van der Waals surface area contributed by atoms with Crippen LogP contribution in [0.2, 0.25) is 0 Å². The van der Waals surface area contributed by atoms with Gasteiger partial charge in [-0.3, -0.25) is 14.4 Å². The molecule has 2 heterocycles. The average Bonchev–Trinajstić information content (AvgIpc) is 2.60. The zero-order chi connectivity index (χ0) is 17.8. The van der Waals surface area contributed by atoms with Gasteiger partial charge in [-0.05, 0) is 30.9 Å². The number of likely N-dealkylation sites (tertiary alicyclic amines) is 1. The SMILES string of the molecule is C[C@@H]1CCCN(C(=O)COC(=O)C[C@@H]2Sc3ccccc3NC2=O)C1. The molecule has 0 radical (unpaired) electrons. The smallest absolute Gasteiger partial charge is 0.307 e. The van der Waals surface area contributed by atoms with Gasteiger partial charge < -0.3 is 15.0 Å². The van der Waals surface area contributed by atoms with Crippen LogP contribution in [-0.4, -0.2) is 47.6 Å². The molecule has 1 saturated heterocycles. The number of ether oxygens (including phenoxy) is 1. The van der Waals surface area contributed by atoms with E-state index in [9.17, 15) is 14.4 Å². The Morgan fingerprint density at radius 3 is 2.96 bits per heavy atom. The van der Waals surface area contributed by atoms with E-state index < -0.39 is 11.2 Å². The van der Waals surface area contributed by atoms with Crippen LogP contribution in [0, 0.1) is 5.92 Å². The minimum absolute atomic E-state index is 0.0471. The zero-order valence-corrected chi connectivity index (χ0v) is 15.0. The summed E-state index contributed by atoms with van der Waals surface area (Å²) in [7, 11) is 0. The van der Waals surface area contributed by atoms with Crippen molar-refractivity contribution in [2.45, 2.75) is 36.3 Å². The van der Waals surface area contributed by atoms with Crippen LogP contribution in [0.5, 0.6) is 0 Å². The first-order valence-corrected chi connectivity index (χ1v) is 9.41. The topological polar surface area (TPSA) is 75.7 Å². The number of nitrogens with zero attached hydrogens (tertiary/aromatic N) is 1. The van der Waals surface area contributed by atoms with Crippen LogP contribution in [-0.2, 0) is 19.1 Å². The third-order valence-electron chi connectivity index (χ3n) is 4.43. The van der Waals surface area contributed by atoms with Crippen molar-refractivity contribution in [2.75, 3.05) is 25.0 Å². The quantitative estimate of drug-likeness (QED) is 0.832. The molecule has 2 atom stereocenters. The Morgan fingerprint density at radius 2 is 2.16 bits per heavy atom. The van der Waals surface area contributed by atoms with Crippen LogP contribution in [0.15, 0.2) is 29.2 Å². The van der Waals surface area contributed by atoms with E-state index in [0.29, 0.717) is 12.5 Å². The molecule has 0 unspecified atom stereocenters. The van der Waals surface area contributed by atoms with Gasteiger partial charge in [-0.25, -0.2) is 0 Å². The number of anilines is 1. The van der Waals surface area contributed by atoms with Crippen LogP contribution in [0.1, 0.15) is 26.2 Å². The number of nitrogens with one attached hydrogen (secondary N) is 1. The predicted octanol–water partition coefficient (Wildman–Crippen LogP) is 2.29. The summed E-state index contributed by atoms with van der Waals surface area (Å²) in [6.45, 7) is 3.30. The Labute approximate surface area is 151 Å². The minimum Gasteiger partial charge on any atom is -0.456 e. The fourth-order valence-electron chi connectivity index (χ4n) is 3.09. The highest BCUT2D eigenvalue weighted by Gasteiger charge is 2.30. The van der Waals surface area contributed by atoms with Crippen LogP contribution < -0.4 is 5.32 Å². The van der Waals surface area contributed by atoms with Gasteiger partial charge in [0.2, 0.25) is 5.91 Å². The molecule has 0 aliphatic carbocycles. The van der Waals surface area contributed by atoms with Gasteiger partial charge in [0.15, 0.2) is 6.61 Å². The van der Waals surface area contributed by atoms with E-state index >= 15 is 0 Å². The summed E-state index contributed by atoms with van der Waals surface area (Å²) in [5.41, 5.74) is 0.761. The van der Waals surface area contributed by atoms with Crippen molar-refractivity contribution in [3.05, 3.63) is 24.3 Å². The summed E-state index contributed by atoms with van der Waals surface area (Å²) in [5, 5.41) is 2.26. The second-order valence-electron chi connectivity index (χ2n) is 6.54. The molecule has 0 bridgehead atoms. The molecule has 2 aliphatic rings. The number of para-hydroxylation sites is 1. The number of benzene rings is 1. The van der Waals surface area contributed by atoms with Crippen molar-refractivity contribution < 1.29 is 19.1 Å². The molecule has 3 rings (SSSR count). The molecule has 1 N–H and O–H groups in total. The van der Waals surface area contributed by atoms with Gasteiger partial charge in [-0.1, -0.05) is 19.1 Å². The fourth-order valence-corrected chi connectivity index (χ4v) is 4.18. The number of hydrogen-bond acceptors (Lipinski definition) is 5. The number of carbonyl (C=O) groups is 3. The van der Waals surface area contributed by atoms with Crippen molar-refractivity contribution in [3.63, 3.8) is 0 Å². The largest absolute Gasteiger partial charge is 0.456 e. The predicted molar refractivity (Wildman–Crippen MR) is 95.3 cm³/mol. The van der Waals surface area contributed by atoms with Gasteiger partial charge in [0, 0.05) is 18.0 Å². The second-order valence-corrected chi connectivity index (χ2v) is 7.79. The van der Waals surface area contributed by atoms with Crippen molar-refractivity contribution in [1.82, 2.24) is 4.90 Å². The number of esters is 1. The maximum absolute atomic E-state index is 12.1. The molecule has 1 aromatic rings. The molecule has 0 saturated carbocycles. The third-order valence-corrected chi connectivity index (χ3v) is 5.70. The lowest BCUT2D eigenvalue weighted by molar-refractivity contribution is -0.153. The van der Waals surface area contributed by atoms with Crippen molar-refractivity contribution in [2.24, 2.45) is 5.92 Å². The molecule has 2 amide bonds. The third kappa shape index (κ3) is 4.54. The average molecular weight is 362 g/mol. The molecule has 1 aromatic carbocycles. The van der Waals surface area contributed by atoms with Crippen LogP contribution in [0.25, 0.3) is 0 Å². The lowest BCUT2D eigenvalue weighted by atomic mass is 10.0. The highest BCUT2D eigenvalue weighted by molar-refractivity contribution is 8.01. The van der Waals surface area contributed by atoms with Crippen LogP contribution >= 0.6 is 11.8 Å². The van der Waals surface area contributed by atoms with Crippen LogP contribution in [0.4, 0.5) is 5.69 Å². The zero-order valence-electron chi connectivity index (χ0n) is 14.2. The summed E-state index contributed by atoms with van der Waals surface area (Å²) in [5.74, 6) is -0.413. The molecule has 7 heteroatoms. The van der Waals surface area contributed by atoms with E-state index in [-0.39, 0.29) is 24.8 Å². The first-order chi connectivity index (χ1) is 12.0. The molecule has 2 aliphatic heterocycles. The van der Waals surface area contributed by atoms with E-state index in [1.165, 1.54) is 11.8 Å². The van der Waals surface area contributed by atoms with Crippen molar-refractivity contribution in [3.8, 4) is 0 Å². The fraction of sp³-hybridized carbons (Fsp3) is 0.500. The highest BCUT2D eigenvalue weighted by Crippen LogP contribution is 2.36. The van der Waals surface area contributed by atoms with Gasteiger partial charge in [0.05, 0.1) is 17.4 Å². The van der Waals surface area contributed by atoms with Crippen molar-refractivity contribution in [1.29, 1.82) is 0 Å². The lowest BCUT2D eigenvalue weighted by Gasteiger charge is -2.30. The number of thioether (sulfide) groups is 1. The molecule has 134 valence electrons. The van der Waals surface area contributed by atoms with E-state index in [2.05, 4.69) is 12.2 Å². The van der Waals surface area contributed by atoms with E-state index in [0.717, 1.165) is 30.0 Å². The molecule has 6 nitrogen and oxygen atoms in total. The number of amides is 2. The van der Waals surface area contributed by atoms with Crippen molar-refractivity contribution >= 4 is 35.2 Å². The van der Waals surface area contributed by atoms with Gasteiger partial charge in [-0.15, -0.1) is 11.8 Å². The lowest BCUT2D eigenvalue weighted by Crippen LogP contribution is -2.41. The van der Waals surface area contributed by atoms with Gasteiger partial charge in [0.1, 0.15) is 0 Å². The van der Waals surface area contributed by atoms with Gasteiger partial charge in [-0.2, -0.15) is 0 Å². The molecule has 0 aromatic heterocycles. The number of rotatable bonds is 4. The first-order valence-electron chi connectivity index (χ1n) is 8.53. The number of piperidine rings is 1. The Bertz CT molecular complexity index is 679. The molecular weight excluding hydrogens is 340 g/mol. The van der Waals surface area contributed by atoms with Gasteiger partial charge in [0.25, 0.3) is 5.91 Å².